The first kappa shape index (κ1) is 15.9. The molecule has 134 valence electrons. The van der Waals surface area contributed by atoms with Crippen molar-refractivity contribution in [3.63, 3.8) is 0 Å². The molecule has 0 unspecified atom stereocenters. The Morgan fingerprint density at radius 1 is 1.04 bits per heavy atom. The van der Waals surface area contributed by atoms with Gasteiger partial charge in [-0.25, -0.2) is 4.98 Å². The summed E-state index contributed by atoms with van der Waals surface area (Å²) < 4.78 is 7.93. The second-order valence-corrected chi connectivity index (χ2v) is 7.35. The molecule has 2 aliphatic rings. The van der Waals surface area contributed by atoms with Crippen molar-refractivity contribution in [1.29, 1.82) is 0 Å². The van der Waals surface area contributed by atoms with Crippen LogP contribution >= 0.6 is 0 Å². The fourth-order valence-electron chi connectivity index (χ4n) is 4.43. The summed E-state index contributed by atoms with van der Waals surface area (Å²) in [6, 6.07) is 14.6. The predicted octanol–water partition coefficient (Wildman–Crippen LogP) is 3.24. The minimum atomic E-state index is 0.00491. The van der Waals surface area contributed by atoms with Gasteiger partial charge in [0.1, 0.15) is 11.6 Å². The number of hydrogen-bond donors (Lipinski definition) is 1. The van der Waals surface area contributed by atoms with Crippen molar-refractivity contribution < 1.29 is 4.42 Å². The molecule has 0 atom stereocenters. The van der Waals surface area contributed by atoms with E-state index in [0.717, 1.165) is 51.3 Å². The molecule has 3 aromatic rings. The van der Waals surface area contributed by atoms with Gasteiger partial charge in [-0.2, -0.15) is 0 Å². The van der Waals surface area contributed by atoms with E-state index < -0.39 is 0 Å². The van der Waals surface area contributed by atoms with Gasteiger partial charge in [0.2, 0.25) is 0 Å². The number of nitrogens with one attached hydrogen (secondary N) is 1. The number of fused-ring (bicyclic) bond motifs is 2. The number of aromatic nitrogens is 2. The van der Waals surface area contributed by atoms with Crippen LogP contribution < -0.4 is 5.32 Å². The predicted molar refractivity (Wildman–Crippen MR) is 101 cm³/mol. The average Bonchev–Trinajstić information content (AvgIpc) is 3.35. The van der Waals surface area contributed by atoms with Crippen LogP contribution in [0.15, 0.2) is 59.3 Å². The topological polar surface area (TPSA) is 46.2 Å². The van der Waals surface area contributed by atoms with E-state index in [4.69, 9.17) is 9.40 Å². The number of piperidine rings is 1. The molecule has 1 saturated heterocycles. The summed E-state index contributed by atoms with van der Waals surface area (Å²) in [5.74, 6) is 2.26. The van der Waals surface area contributed by atoms with Gasteiger partial charge in [-0.3, -0.25) is 4.90 Å². The summed E-state index contributed by atoms with van der Waals surface area (Å²) in [6.45, 7) is 4.99. The van der Waals surface area contributed by atoms with Crippen LogP contribution in [0.2, 0.25) is 0 Å². The van der Waals surface area contributed by atoms with E-state index in [2.05, 4.69) is 57.4 Å². The number of nitrogens with zero attached hydrogens (tertiary/aromatic N) is 3. The van der Waals surface area contributed by atoms with Gasteiger partial charge in [0.05, 0.1) is 30.2 Å². The number of rotatable bonds is 3. The zero-order valence-corrected chi connectivity index (χ0v) is 14.9. The zero-order chi connectivity index (χ0) is 17.4. The molecular formula is C21H24N4O. The number of hydrogen-bond acceptors (Lipinski definition) is 4. The normalized spacial score (nSPS) is 19.5. The van der Waals surface area contributed by atoms with Crippen LogP contribution in [0, 0.1) is 0 Å². The van der Waals surface area contributed by atoms with Crippen molar-refractivity contribution >= 4 is 0 Å². The van der Waals surface area contributed by atoms with Crippen LogP contribution in [0.1, 0.15) is 24.4 Å². The standard InChI is InChI=1S/C21H24N4O/c1-2-5-17(6-3-1)19-15-22-20-21(23-10-13-25(19)20)8-11-24(12-9-21)16-18-7-4-14-26-18/h1-7,14-15,23H,8-13,16H2. The molecular weight excluding hydrogens is 324 g/mol. The Bertz CT molecular complexity index is 861. The summed E-state index contributed by atoms with van der Waals surface area (Å²) in [4.78, 5) is 7.35. The Labute approximate surface area is 153 Å². The molecule has 1 fully saturated rings. The fraction of sp³-hybridized carbons (Fsp3) is 0.381. The molecule has 5 heteroatoms. The first-order valence-electron chi connectivity index (χ1n) is 9.45. The van der Waals surface area contributed by atoms with Crippen molar-refractivity contribution in [2.24, 2.45) is 0 Å². The molecule has 0 saturated carbocycles. The van der Waals surface area contributed by atoms with Gasteiger partial charge in [-0.05, 0) is 30.5 Å². The molecule has 2 aromatic heterocycles. The summed E-state index contributed by atoms with van der Waals surface area (Å²) in [5, 5.41) is 3.80. The Morgan fingerprint density at radius 2 is 1.88 bits per heavy atom. The Balaban J connectivity index is 1.38. The lowest BCUT2D eigenvalue weighted by Crippen LogP contribution is -2.55. The highest BCUT2D eigenvalue weighted by molar-refractivity contribution is 5.59. The van der Waals surface area contributed by atoms with Crippen LogP contribution in [0.25, 0.3) is 11.3 Å². The van der Waals surface area contributed by atoms with Gasteiger partial charge in [0, 0.05) is 26.2 Å². The van der Waals surface area contributed by atoms with Crippen molar-refractivity contribution in [2.75, 3.05) is 19.6 Å². The van der Waals surface area contributed by atoms with E-state index >= 15 is 0 Å². The van der Waals surface area contributed by atoms with Crippen LogP contribution in [0.3, 0.4) is 0 Å². The summed E-state index contributed by atoms with van der Waals surface area (Å²) >= 11 is 0. The van der Waals surface area contributed by atoms with Crippen molar-refractivity contribution in [3.05, 3.63) is 66.5 Å². The molecule has 5 nitrogen and oxygen atoms in total. The maximum Gasteiger partial charge on any atom is 0.129 e. The molecule has 5 rings (SSSR count). The largest absolute Gasteiger partial charge is 0.468 e. The second-order valence-electron chi connectivity index (χ2n) is 7.35. The molecule has 2 aliphatic heterocycles. The maximum absolute atomic E-state index is 5.51. The van der Waals surface area contributed by atoms with E-state index in [-0.39, 0.29) is 5.54 Å². The van der Waals surface area contributed by atoms with Crippen molar-refractivity contribution in [1.82, 2.24) is 19.8 Å². The summed E-state index contributed by atoms with van der Waals surface area (Å²) in [7, 11) is 0. The van der Waals surface area contributed by atoms with Crippen molar-refractivity contribution in [2.45, 2.75) is 31.5 Å². The minimum absolute atomic E-state index is 0.00491. The van der Waals surface area contributed by atoms with Gasteiger partial charge in [-0.15, -0.1) is 0 Å². The van der Waals surface area contributed by atoms with E-state index in [0.29, 0.717) is 0 Å². The van der Waals surface area contributed by atoms with Gasteiger partial charge in [0.15, 0.2) is 0 Å². The monoisotopic (exact) mass is 348 g/mol. The molecule has 0 aliphatic carbocycles. The van der Waals surface area contributed by atoms with E-state index in [1.54, 1.807) is 6.26 Å². The highest BCUT2D eigenvalue weighted by Gasteiger charge is 2.41. The van der Waals surface area contributed by atoms with Crippen molar-refractivity contribution in [3.8, 4) is 11.3 Å². The van der Waals surface area contributed by atoms with Gasteiger partial charge in [-0.1, -0.05) is 30.3 Å². The molecule has 1 N–H and O–H groups in total. The van der Waals surface area contributed by atoms with E-state index in [9.17, 15) is 0 Å². The molecule has 0 amide bonds. The van der Waals surface area contributed by atoms with Crippen LogP contribution in [0.5, 0.6) is 0 Å². The Kier molecular flexibility index (Phi) is 3.91. The average molecular weight is 348 g/mol. The number of likely N-dealkylation sites (tertiary alicyclic amines) is 1. The molecule has 26 heavy (non-hydrogen) atoms. The molecule has 0 radical (unpaired) electrons. The third-order valence-electron chi connectivity index (χ3n) is 5.82. The highest BCUT2D eigenvalue weighted by Crippen LogP contribution is 2.37. The zero-order valence-electron chi connectivity index (χ0n) is 14.9. The maximum atomic E-state index is 5.51. The first-order valence-corrected chi connectivity index (χ1v) is 9.45. The molecule has 1 aromatic carbocycles. The number of imidazole rings is 1. The Morgan fingerprint density at radius 3 is 2.65 bits per heavy atom. The third-order valence-corrected chi connectivity index (χ3v) is 5.82. The fourth-order valence-corrected chi connectivity index (χ4v) is 4.43. The second kappa shape index (κ2) is 6.41. The van der Waals surface area contributed by atoms with Crippen LogP contribution in [-0.4, -0.2) is 34.1 Å². The molecule has 0 bridgehead atoms. The Hall–Kier alpha value is -2.37. The first-order chi connectivity index (χ1) is 12.8. The lowest BCUT2D eigenvalue weighted by Gasteiger charge is -2.44. The summed E-state index contributed by atoms with van der Waals surface area (Å²) in [5.41, 5.74) is 2.49. The van der Waals surface area contributed by atoms with Crippen LogP contribution in [-0.2, 0) is 18.6 Å². The summed E-state index contributed by atoms with van der Waals surface area (Å²) in [6.07, 6.45) is 5.97. The number of furan rings is 1. The molecule has 4 heterocycles. The molecule has 1 spiro atoms. The van der Waals surface area contributed by atoms with E-state index in [1.807, 2.05) is 6.07 Å². The quantitative estimate of drug-likeness (QED) is 0.789. The SMILES string of the molecule is c1ccc(-c2cnc3n2CCNC32CCN(Cc3ccco3)CC2)cc1. The third kappa shape index (κ3) is 2.68. The lowest BCUT2D eigenvalue weighted by atomic mass is 9.85. The van der Waals surface area contributed by atoms with Gasteiger partial charge in [0.25, 0.3) is 0 Å². The van der Waals surface area contributed by atoms with Gasteiger partial charge < -0.3 is 14.3 Å². The number of benzene rings is 1. The lowest BCUT2D eigenvalue weighted by molar-refractivity contribution is 0.104. The van der Waals surface area contributed by atoms with E-state index in [1.165, 1.54) is 17.1 Å². The van der Waals surface area contributed by atoms with Crippen LogP contribution in [0.4, 0.5) is 0 Å². The minimum Gasteiger partial charge on any atom is -0.468 e. The van der Waals surface area contributed by atoms with Gasteiger partial charge >= 0.3 is 0 Å². The highest BCUT2D eigenvalue weighted by atomic mass is 16.3. The smallest absolute Gasteiger partial charge is 0.129 e.